The molecule has 2 aromatic rings. The highest BCUT2D eigenvalue weighted by atomic mass is 16.5. The van der Waals surface area contributed by atoms with Gasteiger partial charge in [0, 0.05) is 0 Å². The lowest BCUT2D eigenvalue weighted by Crippen LogP contribution is -2.04. The summed E-state index contributed by atoms with van der Waals surface area (Å²) < 4.78 is 10.1. The second-order valence-corrected chi connectivity index (χ2v) is 3.65. The molecule has 0 bridgehead atoms. The van der Waals surface area contributed by atoms with Gasteiger partial charge in [-0.25, -0.2) is 4.79 Å². The van der Waals surface area contributed by atoms with E-state index in [0.29, 0.717) is 12.2 Å². The molecule has 0 aliphatic carbocycles. The lowest BCUT2D eigenvalue weighted by molar-refractivity contribution is 0.0526. The number of carbonyl (C=O) groups is 1. The molecule has 0 aliphatic heterocycles. The van der Waals surface area contributed by atoms with E-state index < -0.39 is 0 Å². The van der Waals surface area contributed by atoms with E-state index in [2.05, 4.69) is 0 Å². The Bertz CT molecular complexity index is 546. The van der Waals surface area contributed by atoms with Crippen molar-refractivity contribution >= 4 is 16.7 Å². The van der Waals surface area contributed by atoms with Crippen LogP contribution in [0.5, 0.6) is 5.75 Å². The number of benzene rings is 2. The van der Waals surface area contributed by atoms with E-state index in [9.17, 15) is 4.79 Å². The molecule has 88 valence electrons. The van der Waals surface area contributed by atoms with E-state index in [1.54, 1.807) is 20.1 Å². The summed E-state index contributed by atoms with van der Waals surface area (Å²) in [7, 11) is 1.63. The molecular formula is C14H14O3. The molecule has 0 saturated carbocycles. The van der Waals surface area contributed by atoms with Crippen molar-refractivity contribution in [2.24, 2.45) is 0 Å². The van der Waals surface area contributed by atoms with Gasteiger partial charge in [-0.1, -0.05) is 12.1 Å². The van der Waals surface area contributed by atoms with Gasteiger partial charge in [0.25, 0.3) is 0 Å². The smallest absolute Gasteiger partial charge is 0.338 e. The van der Waals surface area contributed by atoms with Gasteiger partial charge in [0.15, 0.2) is 0 Å². The van der Waals surface area contributed by atoms with Crippen LogP contribution < -0.4 is 4.74 Å². The lowest BCUT2D eigenvalue weighted by Gasteiger charge is -2.05. The first-order valence-corrected chi connectivity index (χ1v) is 5.49. The minimum Gasteiger partial charge on any atom is -0.497 e. The van der Waals surface area contributed by atoms with Crippen LogP contribution in [0.1, 0.15) is 17.3 Å². The first-order valence-electron chi connectivity index (χ1n) is 5.49. The molecule has 0 atom stereocenters. The van der Waals surface area contributed by atoms with Gasteiger partial charge in [0.2, 0.25) is 0 Å². The molecule has 0 radical (unpaired) electrons. The van der Waals surface area contributed by atoms with Crippen molar-refractivity contribution in [3.8, 4) is 5.75 Å². The minimum atomic E-state index is -0.287. The predicted molar refractivity (Wildman–Crippen MR) is 66.5 cm³/mol. The SMILES string of the molecule is CCOC(=O)c1ccc2cc(OC)ccc2c1. The molecule has 0 spiro atoms. The molecule has 0 aliphatic rings. The Labute approximate surface area is 100.0 Å². The predicted octanol–water partition coefficient (Wildman–Crippen LogP) is 3.03. The van der Waals surface area contributed by atoms with Gasteiger partial charge in [0.1, 0.15) is 5.75 Å². The summed E-state index contributed by atoms with van der Waals surface area (Å²) in [5.74, 6) is 0.520. The number of carbonyl (C=O) groups excluding carboxylic acids is 1. The molecule has 0 unspecified atom stereocenters. The molecule has 2 rings (SSSR count). The van der Waals surface area contributed by atoms with Gasteiger partial charge < -0.3 is 9.47 Å². The number of hydrogen-bond donors (Lipinski definition) is 0. The molecule has 0 fully saturated rings. The van der Waals surface area contributed by atoms with E-state index in [0.717, 1.165) is 16.5 Å². The van der Waals surface area contributed by atoms with Crippen LogP contribution >= 0.6 is 0 Å². The van der Waals surface area contributed by atoms with Crippen LogP contribution in [-0.2, 0) is 4.74 Å². The lowest BCUT2D eigenvalue weighted by atomic mass is 10.1. The third-order valence-electron chi connectivity index (χ3n) is 2.56. The maximum atomic E-state index is 11.6. The van der Waals surface area contributed by atoms with Crippen molar-refractivity contribution in [3.05, 3.63) is 42.0 Å². The van der Waals surface area contributed by atoms with Crippen LogP contribution in [0.4, 0.5) is 0 Å². The van der Waals surface area contributed by atoms with Crippen LogP contribution in [0, 0.1) is 0 Å². The fourth-order valence-corrected chi connectivity index (χ4v) is 1.69. The van der Waals surface area contributed by atoms with Crippen molar-refractivity contribution in [1.82, 2.24) is 0 Å². The molecule has 0 aromatic heterocycles. The van der Waals surface area contributed by atoms with Crippen LogP contribution in [0.25, 0.3) is 10.8 Å². The Kier molecular flexibility index (Phi) is 3.28. The molecule has 0 N–H and O–H groups in total. The van der Waals surface area contributed by atoms with Gasteiger partial charge in [-0.3, -0.25) is 0 Å². The first-order chi connectivity index (χ1) is 8.24. The maximum absolute atomic E-state index is 11.6. The summed E-state index contributed by atoms with van der Waals surface area (Å²) in [4.78, 5) is 11.6. The molecule has 0 heterocycles. The van der Waals surface area contributed by atoms with Gasteiger partial charge in [-0.2, -0.15) is 0 Å². The quantitative estimate of drug-likeness (QED) is 0.760. The van der Waals surface area contributed by atoms with Crippen LogP contribution in [-0.4, -0.2) is 19.7 Å². The fourth-order valence-electron chi connectivity index (χ4n) is 1.69. The van der Waals surface area contributed by atoms with Crippen LogP contribution in [0.2, 0.25) is 0 Å². The largest absolute Gasteiger partial charge is 0.497 e. The zero-order valence-corrected chi connectivity index (χ0v) is 9.90. The monoisotopic (exact) mass is 230 g/mol. The number of ether oxygens (including phenoxy) is 2. The molecule has 2 aromatic carbocycles. The Balaban J connectivity index is 2.41. The van der Waals surface area contributed by atoms with E-state index in [1.807, 2.05) is 30.3 Å². The molecule has 3 nitrogen and oxygen atoms in total. The number of esters is 1. The second kappa shape index (κ2) is 4.87. The van der Waals surface area contributed by atoms with Crippen molar-refractivity contribution in [2.45, 2.75) is 6.92 Å². The first kappa shape index (κ1) is 11.5. The van der Waals surface area contributed by atoms with Crippen molar-refractivity contribution in [3.63, 3.8) is 0 Å². The summed E-state index contributed by atoms with van der Waals surface area (Å²) in [5, 5.41) is 2.04. The van der Waals surface area contributed by atoms with Crippen molar-refractivity contribution in [1.29, 1.82) is 0 Å². The number of hydrogen-bond acceptors (Lipinski definition) is 3. The molecule has 3 heteroatoms. The van der Waals surface area contributed by atoms with E-state index in [1.165, 1.54) is 0 Å². The van der Waals surface area contributed by atoms with Crippen LogP contribution in [0.15, 0.2) is 36.4 Å². The highest BCUT2D eigenvalue weighted by Crippen LogP contribution is 2.22. The second-order valence-electron chi connectivity index (χ2n) is 3.65. The topological polar surface area (TPSA) is 35.5 Å². The Hall–Kier alpha value is -2.03. The summed E-state index contributed by atoms with van der Waals surface area (Å²) in [6.45, 7) is 2.18. The molecule has 0 saturated heterocycles. The molecule has 0 amide bonds. The number of fused-ring (bicyclic) bond motifs is 1. The van der Waals surface area contributed by atoms with Gasteiger partial charge in [-0.05, 0) is 42.0 Å². The summed E-state index contributed by atoms with van der Waals surface area (Å²) in [6, 6.07) is 11.2. The number of rotatable bonds is 3. The van der Waals surface area contributed by atoms with Crippen molar-refractivity contribution in [2.75, 3.05) is 13.7 Å². The Morgan fingerprint density at radius 3 is 2.53 bits per heavy atom. The molecular weight excluding hydrogens is 216 g/mol. The third-order valence-corrected chi connectivity index (χ3v) is 2.56. The van der Waals surface area contributed by atoms with Gasteiger partial charge >= 0.3 is 5.97 Å². The summed E-state index contributed by atoms with van der Waals surface area (Å²) >= 11 is 0. The zero-order chi connectivity index (χ0) is 12.3. The zero-order valence-electron chi connectivity index (χ0n) is 9.90. The summed E-state index contributed by atoms with van der Waals surface area (Å²) in [6.07, 6.45) is 0. The average molecular weight is 230 g/mol. The van der Waals surface area contributed by atoms with Gasteiger partial charge in [-0.15, -0.1) is 0 Å². The number of methoxy groups -OCH3 is 1. The standard InChI is InChI=1S/C14H14O3/c1-3-17-14(15)12-5-4-11-9-13(16-2)7-6-10(11)8-12/h4-9H,3H2,1-2H3. The van der Waals surface area contributed by atoms with Crippen molar-refractivity contribution < 1.29 is 14.3 Å². The Morgan fingerprint density at radius 2 is 1.82 bits per heavy atom. The maximum Gasteiger partial charge on any atom is 0.338 e. The van der Waals surface area contributed by atoms with E-state index in [4.69, 9.17) is 9.47 Å². The molecule has 17 heavy (non-hydrogen) atoms. The highest BCUT2D eigenvalue weighted by Gasteiger charge is 2.07. The van der Waals surface area contributed by atoms with E-state index in [-0.39, 0.29) is 5.97 Å². The summed E-state index contributed by atoms with van der Waals surface area (Å²) in [5.41, 5.74) is 0.574. The van der Waals surface area contributed by atoms with E-state index >= 15 is 0 Å². The van der Waals surface area contributed by atoms with Crippen LogP contribution in [0.3, 0.4) is 0 Å². The fraction of sp³-hybridized carbons (Fsp3) is 0.214. The third kappa shape index (κ3) is 2.38. The minimum absolute atomic E-state index is 0.287. The normalized spacial score (nSPS) is 10.2. The Morgan fingerprint density at radius 1 is 1.12 bits per heavy atom. The van der Waals surface area contributed by atoms with Gasteiger partial charge in [0.05, 0.1) is 19.3 Å². The average Bonchev–Trinajstić information content (AvgIpc) is 2.37. The highest BCUT2D eigenvalue weighted by molar-refractivity contribution is 5.95.